The topological polar surface area (TPSA) is 96.5 Å². The molecule has 1 fully saturated rings. The molecule has 158 valence electrons. The Morgan fingerprint density at radius 2 is 1.93 bits per heavy atom. The Labute approximate surface area is 174 Å². The van der Waals surface area contributed by atoms with Crippen LogP contribution in [-0.2, 0) is 6.54 Å². The quantitative estimate of drug-likeness (QED) is 0.624. The molecule has 1 aromatic heterocycles. The van der Waals surface area contributed by atoms with Gasteiger partial charge in [-0.2, -0.15) is 0 Å². The molecule has 0 saturated heterocycles. The number of rotatable bonds is 6. The number of nitrogens with zero attached hydrogens (tertiary/aromatic N) is 2. The maximum absolute atomic E-state index is 12.7. The zero-order valence-corrected chi connectivity index (χ0v) is 17.4. The number of imidazole rings is 1. The molecule has 0 unspecified atom stereocenters. The molecule has 29 heavy (non-hydrogen) atoms. The van der Waals surface area contributed by atoms with Gasteiger partial charge in [0, 0.05) is 18.4 Å². The van der Waals surface area contributed by atoms with Crippen molar-refractivity contribution in [1.29, 1.82) is 0 Å². The molecular weight excluding hydrogens is 394 g/mol. The Bertz CT molecular complexity index is 926. The standard InChI is InChI=1S/C21H28ClN3O4/c1-15-13-25(20(28)24(15)10-11-26)16-6-7-18(22)17(12-16)19(27)23-14-21(29)8-4-2-3-5-9-21/h6-7,12-13,26,29H,2-5,8-11,14H2,1H3,(H,23,27). The molecule has 3 rings (SSSR count). The van der Waals surface area contributed by atoms with Gasteiger partial charge in [-0.3, -0.25) is 13.9 Å². The number of carbonyl (C=O) groups is 1. The van der Waals surface area contributed by atoms with E-state index in [2.05, 4.69) is 5.32 Å². The highest BCUT2D eigenvalue weighted by Gasteiger charge is 2.28. The molecule has 0 atom stereocenters. The Hall–Kier alpha value is -2.09. The van der Waals surface area contributed by atoms with Gasteiger partial charge >= 0.3 is 5.69 Å². The van der Waals surface area contributed by atoms with Gasteiger partial charge in [-0.05, 0) is 38.0 Å². The van der Waals surface area contributed by atoms with Crippen molar-refractivity contribution >= 4 is 17.5 Å². The molecule has 1 amide bonds. The fraction of sp³-hybridized carbons (Fsp3) is 0.524. The summed E-state index contributed by atoms with van der Waals surface area (Å²) in [6, 6.07) is 4.82. The summed E-state index contributed by atoms with van der Waals surface area (Å²) >= 11 is 6.24. The van der Waals surface area contributed by atoms with Gasteiger partial charge in [0.25, 0.3) is 5.91 Å². The highest BCUT2D eigenvalue weighted by atomic mass is 35.5. The van der Waals surface area contributed by atoms with Crippen molar-refractivity contribution in [1.82, 2.24) is 14.5 Å². The average molecular weight is 422 g/mol. The van der Waals surface area contributed by atoms with Crippen molar-refractivity contribution in [2.24, 2.45) is 0 Å². The van der Waals surface area contributed by atoms with Gasteiger partial charge in [-0.15, -0.1) is 0 Å². The van der Waals surface area contributed by atoms with Crippen LogP contribution in [0, 0.1) is 6.92 Å². The summed E-state index contributed by atoms with van der Waals surface area (Å²) in [5.41, 5.74) is 0.295. The maximum atomic E-state index is 12.7. The molecule has 3 N–H and O–H groups in total. The molecule has 1 aliphatic rings. The summed E-state index contributed by atoms with van der Waals surface area (Å²) in [7, 11) is 0. The van der Waals surface area contributed by atoms with E-state index >= 15 is 0 Å². The fourth-order valence-corrected chi connectivity index (χ4v) is 4.09. The van der Waals surface area contributed by atoms with Gasteiger partial charge in [0.05, 0.1) is 35.0 Å². The summed E-state index contributed by atoms with van der Waals surface area (Å²) in [6.45, 7) is 2.03. The summed E-state index contributed by atoms with van der Waals surface area (Å²) in [5, 5.41) is 23.0. The van der Waals surface area contributed by atoms with Crippen LogP contribution in [0.3, 0.4) is 0 Å². The fourth-order valence-electron chi connectivity index (χ4n) is 3.89. The summed E-state index contributed by atoms with van der Waals surface area (Å²) in [6.07, 6.45) is 7.13. The van der Waals surface area contributed by atoms with E-state index in [0.29, 0.717) is 24.2 Å². The van der Waals surface area contributed by atoms with Gasteiger partial charge in [0.1, 0.15) is 0 Å². The van der Waals surface area contributed by atoms with Crippen LogP contribution in [0.2, 0.25) is 5.02 Å². The number of aryl methyl sites for hydroxylation is 1. The normalized spacial score (nSPS) is 16.4. The third-order valence-corrected chi connectivity index (χ3v) is 5.92. The molecular formula is C21H28ClN3O4. The third kappa shape index (κ3) is 4.91. The van der Waals surface area contributed by atoms with E-state index < -0.39 is 5.60 Å². The molecule has 8 heteroatoms. The van der Waals surface area contributed by atoms with Gasteiger partial charge in [0.2, 0.25) is 0 Å². The van der Waals surface area contributed by atoms with Crippen molar-refractivity contribution in [2.75, 3.05) is 13.2 Å². The summed E-state index contributed by atoms with van der Waals surface area (Å²) in [5.74, 6) is -0.380. The van der Waals surface area contributed by atoms with E-state index in [4.69, 9.17) is 16.7 Å². The van der Waals surface area contributed by atoms with E-state index in [9.17, 15) is 14.7 Å². The van der Waals surface area contributed by atoms with Crippen LogP contribution in [0.25, 0.3) is 5.69 Å². The number of hydrogen-bond donors (Lipinski definition) is 3. The first kappa shape index (κ1) is 21.6. The van der Waals surface area contributed by atoms with E-state index in [0.717, 1.165) is 25.7 Å². The largest absolute Gasteiger partial charge is 0.395 e. The van der Waals surface area contributed by atoms with Gasteiger partial charge in [-0.25, -0.2) is 4.79 Å². The van der Waals surface area contributed by atoms with Crippen molar-refractivity contribution in [3.8, 4) is 5.69 Å². The molecule has 1 aliphatic carbocycles. The van der Waals surface area contributed by atoms with Crippen LogP contribution in [0.1, 0.15) is 54.6 Å². The number of halogens is 1. The number of aliphatic hydroxyl groups is 2. The molecule has 0 aliphatic heterocycles. The van der Waals surface area contributed by atoms with Crippen molar-refractivity contribution in [2.45, 2.75) is 57.6 Å². The van der Waals surface area contributed by atoms with Crippen LogP contribution in [0.5, 0.6) is 0 Å². The molecule has 1 saturated carbocycles. The molecule has 7 nitrogen and oxygen atoms in total. The van der Waals surface area contributed by atoms with E-state index in [-0.39, 0.29) is 41.9 Å². The number of nitrogens with one attached hydrogen (secondary N) is 1. The zero-order chi connectivity index (χ0) is 21.0. The van der Waals surface area contributed by atoms with Crippen molar-refractivity contribution < 1.29 is 15.0 Å². The Kier molecular flexibility index (Phi) is 6.82. The summed E-state index contributed by atoms with van der Waals surface area (Å²) < 4.78 is 2.90. The van der Waals surface area contributed by atoms with E-state index in [1.807, 2.05) is 0 Å². The molecule has 0 bridgehead atoms. The number of hydrogen-bond acceptors (Lipinski definition) is 4. The third-order valence-electron chi connectivity index (χ3n) is 5.59. The number of aliphatic hydroxyl groups excluding tert-OH is 1. The van der Waals surface area contributed by atoms with Crippen LogP contribution in [0.15, 0.2) is 29.2 Å². The van der Waals surface area contributed by atoms with Crippen LogP contribution >= 0.6 is 11.6 Å². The van der Waals surface area contributed by atoms with Crippen LogP contribution in [-0.4, -0.2) is 44.0 Å². The Morgan fingerprint density at radius 3 is 2.59 bits per heavy atom. The van der Waals surface area contributed by atoms with E-state index in [1.165, 1.54) is 9.13 Å². The number of amides is 1. The number of benzene rings is 1. The minimum atomic E-state index is -0.883. The first-order chi connectivity index (χ1) is 13.8. The molecule has 1 aromatic carbocycles. The second kappa shape index (κ2) is 9.15. The smallest absolute Gasteiger partial charge is 0.333 e. The molecule has 2 aromatic rings. The van der Waals surface area contributed by atoms with E-state index in [1.54, 1.807) is 31.3 Å². The number of carbonyl (C=O) groups excluding carboxylic acids is 1. The first-order valence-corrected chi connectivity index (χ1v) is 10.4. The monoisotopic (exact) mass is 421 g/mol. The average Bonchev–Trinajstić information content (AvgIpc) is 2.86. The first-order valence-electron chi connectivity index (χ1n) is 10.0. The highest BCUT2D eigenvalue weighted by Crippen LogP contribution is 2.27. The summed E-state index contributed by atoms with van der Waals surface area (Å²) in [4.78, 5) is 25.3. The lowest BCUT2D eigenvalue weighted by Gasteiger charge is -2.26. The Morgan fingerprint density at radius 1 is 1.24 bits per heavy atom. The van der Waals surface area contributed by atoms with Gasteiger partial charge < -0.3 is 15.5 Å². The Balaban J connectivity index is 1.81. The van der Waals surface area contributed by atoms with Gasteiger partial charge in [0.15, 0.2) is 0 Å². The predicted molar refractivity (Wildman–Crippen MR) is 112 cm³/mol. The lowest BCUT2D eigenvalue weighted by molar-refractivity contribution is 0.0246. The minimum absolute atomic E-state index is 0.137. The van der Waals surface area contributed by atoms with Crippen molar-refractivity contribution in [3.63, 3.8) is 0 Å². The van der Waals surface area contributed by atoms with Gasteiger partial charge in [-0.1, -0.05) is 37.3 Å². The van der Waals surface area contributed by atoms with Crippen LogP contribution in [0.4, 0.5) is 0 Å². The number of aromatic nitrogens is 2. The van der Waals surface area contributed by atoms with Crippen LogP contribution < -0.4 is 11.0 Å². The maximum Gasteiger partial charge on any atom is 0.333 e. The molecule has 1 heterocycles. The highest BCUT2D eigenvalue weighted by molar-refractivity contribution is 6.33. The van der Waals surface area contributed by atoms with Crippen molar-refractivity contribution in [3.05, 3.63) is 51.2 Å². The molecule has 0 radical (unpaired) electrons. The minimum Gasteiger partial charge on any atom is -0.395 e. The second-order valence-electron chi connectivity index (χ2n) is 7.78. The SMILES string of the molecule is Cc1cn(-c2ccc(Cl)c(C(=O)NCC3(O)CCCCCC3)c2)c(=O)n1CCO. The zero-order valence-electron chi connectivity index (χ0n) is 16.7. The predicted octanol–water partition coefficient (Wildman–Crippen LogP) is 2.41. The second-order valence-corrected chi connectivity index (χ2v) is 8.19. The lowest BCUT2D eigenvalue weighted by atomic mass is 9.94. The lowest BCUT2D eigenvalue weighted by Crippen LogP contribution is -2.42. The molecule has 0 spiro atoms.